The van der Waals surface area contributed by atoms with Crippen LogP contribution in [0.2, 0.25) is 0 Å². The molecule has 0 amide bonds. The molecule has 5 atom stereocenters. The van der Waals surface area contributed by atoms with Crippen LogP contribution in [0.4, 0.5) is 0 Å². The van der Waals surface area contributed by atoms with Gasteiger partial charge in [0.25, 0.3) is 0 Å². The Morgan fingerprint density at radius 1 is 0.789 bits per heavy atom. The summed E-state index contributed by atoms with van der Waals surface area (Å²) < 4.78 is 0. The summed E-state index contributed by atoms with van der Waals surface area (Å²) in [6.07, 6.45) is -5.24. The summed E-state index contributed by atoms with van der Waals surface area (Å²) in [6.45, 7) is 1.52. The highest BCUT2D eigenvalue weighted by Crippen LogP contribution is 2.13. The van der Waals surface area contributed by atoms with Crippen molar-refractivity contribution in [1.29, 1.82) is 0 Å². The third kappa shape index (κ3) is 10.8. The van der Waals surface area contributed by atoms with Crippen LogP contribution in [0.5, 0.6) is 0 Å². The Morgan fingerprint density at radius 2 is 1.16 bits per heavy atom. The normalized spacial score (nSPS) is 19.5. The van der Waals surface area contributed by atoms with Crippen molar-refractivity contribution in [2.75, 3.05) is 0 Å². The smallest absolute Gasteiger partial charge is 0.305 e. The number of hydrogen-bond donors (Lipinski definition) is 6. The average molecular weight is 280 g/mol. The Balaban J connectivity index is 3.91. The zero-order valence-corrected chi connectivity index (χ0v) is 11.0. The third-order valence-electron chi connectivity index (χ3n) is 2.66. The van der Waals surface area contributed by atoms with Crippen LogP contribution < -0.4 is 0 Å². The summed E-state index contributed by atoms with van der Waals surface area (Å²) in [6, 6.07) is 0. The van der Waals surface area contributed by atoms with E-state index >= 15 is 0 Å². The minimum absolute atomic E-state index is 0.0109. The maximum Gasteiger partial charge on any atom is 0.305 e. The molecule has 0 aromatic carbocycles. The molecule has 19 heavy (non-hydrogen) atoms. The van der Waals surface area contributed by atoms with E-state index in [1.54, 1.807) is 0 Å². The minimum atomic E-state index is -1.16. The van der Waals surface area contributed by atoms with Gasteiger partial charge in [-0.05, 0) is 32.6 Å². The molecule has 0 spiro atoms. The first-order valence-corrected chi connectivity index (χ1v) is 6.32. The van der Waals surface area contributed by atoms with Gasteiger partial charge in [-0.3, -0.25) is 4.79 Å². The Morgan fingerprint density at radius 3 is 1.53 bits per heavy atom. The maximum absolute atomic E-state index is 10.3. The van der Waals surface area contributed by atoms with E-state index in [4.69, 9.17) is 10.2 Å². The van der Waals surface area contributed by atoms with Crippen LogP contribution in [-0.2, 0) is 4.79 Å². The molecule has 0 saturated heterocycles. The molecule has 0 heterocycles. The molecule has 6 N–H and O–H groups in total. The summed E-state index contributed by atoms with van der Waals surface area (Å²) in [4.78, 5) is 10.3. The Hall–Kier alpha value is -0.730. The Bertz CT molecular complexity index is 256. The first-order valence-electron chi connectivity index (χ1n) is 6.32. The van der Waals surface area contributed by atoms with Crippen molar-refractivity contribution in [1.82, 2.24) is 0 Å². The van der Waals surface area contributed by atoms with E-state index < -0.39 is 42.9 Å². The third-order valence-corrected chi connectivity index (χ3v) is 2.66. The summed E-state index contributed by atoms with van der Waals surface area (Å²) >= 11 is 0. The van der Waals surface area contributed by atoms with Crippen molar-refractivity contribution in [2.45, 2.75) is 69.5 Å². The quantitative estimate of drug-likeness (QED) is 0.297. The number of hydrogen-bond acceptors (Lipinski definition) is 6. The molecule has 0 aromatic heterocycles. The molecule has 0 bridgehead atoms. The van der Waals surface area contributed by atoms with Gasteiger partial charge in [0, 0.05) is 0 Å². The molecule has 1 unspecified atom stereocenters. The number of carboxylic acids is 1. The SMILES string of the molecule is C[C@H](O)C[C@H](O)C[C@H](O)C[C@H](O)CC(O)CC(=O)O. The summed E-state index contributed by atoms with van der Waals surface area (Å²) in [5, 5.41) is 55.4. The van der Waals surface area contributed by atoms with Crippen LogP contribution in [0, 0.1) is 0 Å². The van der Waals surface area contributed by atoms with Gasteiger partial charge in [0.2, 0.25) is 0 Å². The summed E-state index contributed by atoms with van der Waals surface area (Å²) in [5.74, 6) is -1.16. The number of aliphatic carboxylic acids is 1. The lowest BCUT2D eigenvalue weighted by Crippen LogP contribution is -2.27. The van der Waals surface area contributed by atoms with Crippen LogP contribution in [-0.4, -0.2) is 67.1 Å². The standard InChI is InChI=1S/C12H24O7/c1-7(13)2-8(14)3-9(15)4-10(16)5-11(17)6-12(18)19/h7-11,13-17H,2-6H2,1H3,(H,18,19)/t7-,8-,9-,10-,11?/m0/s1. The highest BCUT2D eigenvalue weighted by atomic mass is 16.4. The van der Waals surface area contributed by atoms with Gasteiger partial charge >= 0.3 is 5.97 Å². The van der Waals surface area contributed by atoms with Gasteiger partial charge in [-0.25, -0.2) is 0 Å². The van der Waals surface area contributed by atoms with E-state index in [1.165, 1.54) is 6.92 Å². The molecule has 7 nitrogen and oxygen atoms in total. The van der Waals surface area contributed by atoms with Crippen LogP contribution >= 0.6 is 0 Å². The van der Waals surface area contributed by atoms with Gasteiger partial charge in [-0.1, -0.05) is 0 Å². The van der Waals surface area contributed by atoms with Crippen LogP contribution in [0.1, 0.15) is 39.0 Å². The van der Waals surface area contributed by atoms with Gasteiger partial charge in [0.1, 0.15) is 0 Å². The van der Waals surface area contributed by atoms with Crippen molar-refractivity contribution < 1.29 is 35.4 Å². The second-order valence-electron chi connectivity index (χ2n) is 5.00. The Labute approximate surface area is 112 Å². The molecule has 0 aliphatic heterocycles. The van der Waals surface area contributed by atoms with Gasteiger partial charge in [0.05, 0.1) is 36.9 Å². The van der Waals surface area contributed by atoms with Crippen LogP contribution in [0.15, 0.2) is 0 Å². The maximum atomic E-state index is 10.3. The van der Waals surface area contributed by atoms with Crippen LogP contribution in [0.25, 0.3) is 0 Å². The average Bonchev–Trinajstić information content (AvgIpc) is 2.12. The number of aliphatic hydroxyl groups excluding tert-OH is 5. The lowest BCUT2D eigenvalue weighted by molar-refractivity contribution is -0.139. The lowest BCUT2D eigenvalue weighted by atomic mass is 9.98. The van der Waals surface area contributed by atoms with E-state index in [2.05, 4.69) is 0 Å². The minimum Gasteiger partial charge on any atom is -0.481 e. The van der Waals surface area contributed by atoms with E-state index in [0.29, 0.717) is 0 Å². The lowest BCUT2D eigenvalue weighted by Gasteiger charge is -2.20. The molecular formula is C12H24O7. The van der Waals surface area contributed by atoms with E-state index in [-0.39, 0.29) is 25.7 Å². The van der Waals surface area contributed by atoms with Gasteiger partial charge in [-0.15, -0.1) is 0 Å². The summed E-state index contributed by atoms with van der Waals surface area (Å²) in [5.41, 5.74) is 0. The zero-order valence-electron chi connectivity index (χ0n) is 11.0. The molecular weight excluding hydrogens is 256 g/mol. The van der Waals surface area contributed by atoms with Crippen molar-refractivity contribution in [3.05, 3.63) is 0 Å². The van der Waals surface area contributed by atoms with Crippen molar-refractivity contribution >= 4 is 5.97 Å². The van der Waals surface area contributed by atoms with Gasteiger partial charge in [0.15, 0.2) is 0 Å². The fourth-order valence-corrected chi connectivity index (χ4v) is 1.91. The topological polar surface area (TPSA) is 138 Å². The largest absolute Gasteiger partial charge is 0.481 e. The predicted molar refractivity (Wildman–Crippen MR) is 66.4 cm³/mol. The fourth-order valence-electron chi connectivity index (χ4n) is 1.91. The van der Waals surface area contributed by atoms with E-state index in [9.17, 15) is 25.2 Å². The Kier molecular flexibility index (Phi) is 8.86. The first-order chi connectivity index (χ1) is 8.70. The number of carboxylic acid groups (broad SMARTS) is 1. The molecule has 0 aliphatic carbocycles. The highest BCUT2D eigenvalue weighted by Gasteiger charge is 2.20. The molecule has 7 heteroatoms. The molecule has 0 aliphatic rings. The van der Waals surface area contributed by atoms with E-state index in [0.717, 1.165) is 0 Å². The molecule has 0 rings (SSSR count). The van der Waals surface area contributed by atoms with Crippen molar-refractivity contribution in [2.24, 2.45) is 0 Å². The second-order valence-corrected chi connectivity index (χ2v) is 5.00. The summed E-state index contributed by atoms with van der Waals surface area (Å²) in [7, 11) is 0. The molecule has 0 radical (unpaired) electrons. The van der Waals surface area contributed by atoms with Gasteiger partial charge < -0.3 is 30.6 Å². The van der Waals surface area contributed by atoms with E-state index in [1.807, 2.05) is 0 Å². The fraction of sp³-hybridized carbons (Fsp3) is 0.917. The predicted octanol–water partition coefficient (Wildman–Crippen LogP) is -1.15. The van der Waals surface area contributed by atoms with Gasteiger partial charge in [-0.2, -0.15) is 0 Å². The first kappa shape index (κ1) is 18.3. The molecule has 0 fully saturated rings. The van der Waals surface area contributed by atoms with Crippen LogP contribution in [0.3, 0.4) is 0 Å². The highest BCUT2D eigenvalue weighted by molar-refractivity contribution is 5.67. The van der Waals surface area contributed by atoms with Crippen molar-refractivity contribution in [3.8, 4) is 0 Å². The molecule has 0 aromatic rings. The number of carbonyl (C=O) groups is 1. The molecule has 0 saturated carbocycles. The molecule has 114 valence electrons. The van der Waals surface area contributed by atoms with Crippen molar-refractivity contribution in [3.63, 3.8) is 0 Å². The monoisotopic (exact) mass is 280 g/mol. The number of rotatable bonds is 10. The zero-order chi connectivity index (χ0) is 15.0. The second kappa shape index (κ2) is 9.22. The number of aliphatic hydroxyl groups is 5.